The molecule has 2 aromatic carbocycles. The molecule has 0 bridgehead atoms. The van der Waals surface area contributed by atoms with Crippen molar-refractivity contribution in [3.8, 4) is 5.69 Å². The topological polar surface area (TPSA) is 38.0 Å². The van der Waals surface area contributed by atoms with Crippen molar-refractivity contribution in [3.05, 3.63) is 88.0 Å². The van der Waals surface area contributed by atoms with Crippen molar-refractivity contribution in [1.29, 1.82) is 0 Å². The largest absolute Gasteiger partial charge is 0.389 e. The van der Waals surface area contributed by atoms with Gasteiger partial charge in [0.25, 0.3) is 0 Å². The number of benzene rings is 2. The van der Waals surface area contributed by atoms with Crippen LogP contribution in [0, 0.1) is 11.2 Å². The Hall–Kier alpha value is -2.43. The summed E-state index contributed by atoms with van der Waals surface area (Å²) in [6, 6.07) is 14.3. The molecule has 1 N–H and O–H groups in total. The number of hydrogen-bond acceptors (Lipinski definition) is 2. The molecule has 1 aromatic heterocycles. The second-order valence-electron chi connectivity index (χ2n) is 9.10. The van der Waals surface area contributed by atoms with Crippen molar-refractivity contribution in [2.75, 3.05) is 0 Å². The summed E-state index contributed by atoms with van der Waals surface area (Å²) in [6.07, 6.45) is 8.97. The van der Waals surface area contributed by atoms with E-state index in [0.29, 0.717) is 6.42 Å². The highest BCUT2D eigenvalue weighted by molar-refractivity contribution is 6.31. The average Bonchev–Trinajstić information content (AvgIpc) is 3.15. The maximum Gasteiger partial charge on any atom is 0.123 e. The number of aromatic nitrogens is 2. The summed E-state index contributed by atoms with van der Waals surface area (Å²) in [4.78, 5) is 0. The van der Waals surface area contributed by atoms with Crippen molar-refractivity contribution in [3.63, 3.8) is 0 Å². The van der Waals surface area contributed by atoms with Crippen molar-refractivity contribution in [1.82, 2.24) is 9.78 Å². The zero-order valence-corrected chi connectivity index (χ0v) is 18.4. The van der Waals surface area contributed by atoms with Gasteiger partial charge in [0.1, 0.15) is 5.82 Å². The third-order valence-corrected chi connectivity index (χ3v) is 7.72. The number of hydrogen-bond donors (Lipinski definition) is 1. The molecule has 3 aromatic rings. The molecule has 5 heteroatoms. The number of aliphatic hydroxyl groups is 1. The molecule has 1 heterocycles. The van der Waals surface area contributed by atoms with E-state index in [4.69, 9.17) is 11.6 Å². The van der Waals surface area contributed by atoms with E-state index in [2.05, 4.69) is 18.1 Å². The molecule has 1 saturated carbocycles. The molecule has 160 valence electrons. The number of halogens is 2. The first-order chi connectivity index (χ1) is 14.9. The van der Waals surface area contributed by atoms with Gasteiger partial charge in [-0.25, -0.2) is 9.07 Å². The highest BCUT2D eigenvalue weighted by Crippen LogP contribution is 2.54. The molecule has 3 nitrogen and oxygen atoms in total. The lowest BCUT2D eigenvalue weighted by molar-refractivity contribution is -0.0843. The van der Waals surface area contributed by atoms with Crippen LogP contribution in [-0.4, -0.2) is 20.5 Å². The van der Waals surface area contributed by atoms with E-state index in [-0.39, 0.29) is 11.2 Å². The predicted octanol–water partition coefficient (Wildman–Crippen LogP) is 6.16. The lowest BCUT2D eigenvalue weighted by Crippen LogP contribution is -2.52. The minimum Gasteiger partial charge on any atom is -0.389 e. The molecule has 0 spiro atoms. The molecule has 0 saturated heterocycles. The Bertz CT molecular complexity index is 1150. The van der Waals surface area contributed by atoms with Gasteiger partial charge in [0, 0.05) is 10.4 Å². The van der Waals surface area contributed by atoms with Crippen LogP contribution in [0.4, 0.5) is 4.39 Å². The van der Waals surface area contributed by atoms with Crippen LogP contribution >= 0.6 is 11.6 Å². The van der Waals surface area contributed by atoms with E-state index >= 15 is 0 Å². The van der Waals surface area contributed by atoms with Gasteiger partial charge in [0.2, 0.25) is 0 Å². The number of fused-ring (bicyclic) bond motifs is 2. The SMILES string of the molecule is C[C@]12Cc3cnn(-c4ccc(F)cc4)c3C=C1CCC[C@@]2(O)CCc1ccccc1Cl. The summed E-state index contributed by atoms with van der Waals surface area (Å²) in [5, 5.41) is 17.3. The second-order valence-corrected chi connectivity index (χ2v) is 9.51. The van der Waals surface area contributed by atoms with E-state index in [1.165, 1.54) is 17.7 Å². The predicted molar refractivity (Wildman–Crippen MR) is 122 cm³/mol. The van der Waals surface area contributed by atoms with E-state index in [1.807, 2.05) is 35.1 Å². The number of rotatable bonds is 4. The molecule has 1 fully saturated rings. The summed E-state index contributed by atoms with van der Waals surface area (Å²) in [5.74, 6) is -0.258. The van der Waals surface area contributed by atoms with Gasteiger partial charge < -0.3 is 5.11 Å². The zero-order chi connectivity index (χ0) is 21.6. The molecule has 2 aliphatic carbocycles. The van der Waals surface area contributed by atoms with Crippen LogP contribution in [0.15, 0.2) is 60.3 Å². The fourth-order valence-corrected chi connectivity index (χ4v) is 5.62. The maximum atomic E-state index is 13.4. The van der Waals surface area contributed by atoms with Crippen LogP contribution in [0.2, 0.25) is 5.02 Å². The molecule has 0 unspecified atom stereocenters. The number of aryl methyl sites for hydroxylation is 1. The van der Waals surface area contributed by atoms with Gasteiger partial charge in [-0.2, -0.15) is 5.10 Å². The van der Waals surface area contributed by atoms with E-state index in [1.54, 1.807) is 12.1 Å². The highest BCUT2D eigenvalue weighted by atomic mass is 35.5. The summed E-state index contributed by atoms with van der Waals surface area (Å²) < 4.78 is 15.2. The number of nitrogens with zero attached hydrogens (tertiary/aromatic N) is 2. The van der Waals surface area contributed by atoms with Gasteiger partial charge in [-0.15, -0.1) is 0 Å². The molecule has 31 heavy (non-hydrogen) atoms. The average molecular weight is 437 g/mol. The lowest BCUT2D eigenvalue weighted by atomic mass is 9.56. The van der Waals surface area contributed by atoms with E-state index in [9.17, 15) is 9.50 Å². The summed E-state index contributed by atoms with van der Waals surface area (Å²) in [5.41, 5.74) is 4.22. The Labute approximate surface area is 187 Å². The maximum absolute atomic E-state index is 13.4. The van der Waals surface area contributed by atoms with Crippen molar-refractivity contribution in [2.24, 2.45) is 5.41 Å². The fourth-order valence-electron chi connectivity index (χ4n) is 5.39. The van der Waals surface area contributed by atoms with Crippen LogP contribution in [0.1, 0.15) is 49.4 Å². The van der Waals surface area contributed by atoms with Gasteiger partial charge in [0.05, 0.1) is 23.2 Å². The quantitative estimate of drug-likeness (QED) is 0.532. The standard InChI is InChI=1S/C26H26ClFN2O/c1-25-16-19-17-29-30(22-10-8-21(28)9-11-22)24(19)15-20(25)6-4-13-26(25,31)14-12-18-5-2-3-7-23(18)27/h2-3,5,7-11,15,17,31H,4,6,12-14,16H2,1H3/t25-,26+/m0/s1. The van der Waals surface area contributed by atoms with E-state index in [0.717, 1.165) is 59.6 Å². The molecular formula is C26H26ClFN2O. The molecule has 0 amide bonds. The van der Waals surface area contributed by atoms with Crippen LogP contribution in [-0.2, 0) is 12.8 Å². The molecule has 0 radical (unpaired) electrons. The van der Waals surface area contributed by atoms with Crippen molar-refractivity contribution < 1.29 is 9.50 Å². The van der Waals surface area contributed by atoms with Crippen molar-refractivity contribution in [2.45, 2.75) is 51.0 Å². The van der Waals surface area contributed by atoms with Crippen LogP contribution in [0.25, 0.3) is 11.8 Å². The van der Waals surface area contributed by atoms with E-state index < -0.39 is 5.60 Å². The molecule has 2 atom stereocenters. The first-order valence-corrected chi connectivity index (χ1v) is 11.3. The van der Waals surface area contributed by atoms with Gasteiger partial charge in [-0.3, -0.25) is 0 Å². The minimum absolute atomic E-state index is 0.258. The minimum atomic E-state index is -0.800. The highest BCUT2D eigenvalue weighted by Gasteiger charge is 2.52. The van der Waals surface area contributed by atoms with Crippen LogP contribution in [0.3, 0.4) is 0 Å². The zero-order valence-electron chi connectivity index (χ0n) is 17.6. The Balaban J connectivity index is 1.47. The molecular weight excluding hydrogens is 411 g/mol. The molecule has 0 aliphatic heterocycles. The third kappa shape index (κ3) is 3.42. The Kier molecular flexibility index (Phi) is 5.03. The van der Waals surface area contributed by atoms with Gasteiger partial charge >= 0.3 is 0 Å². The lowest BCUT2D eigenvalue weighted by Gasteiger charge is -2.52. The van der Waals surface area contributed by atoms with Gasteiger partial charge in [-0.05, 0) is 86.1 Å². The second kappa shape index (κ2) is 7.61. The van der Waals surface area contributed by atoms with Gasteiger partial charge in [-0.1, -0.05) is 42.3 Å². The van der Waals surface area contributed by atoms with Crippen LogP contribution < -0.4 is 0 Å². The smallest absolute Gasteiger partial charge is 0.123 e. The van der Waals surface area contributed by atoms with Crippen LogP contribution in [0.5, 0.6) is 0 Å². The Morgan fingerprint density at radius 3 is 2.71 bits per heavy atom. The Morgan fingerprint density at radius 1 is 1.16 bits per heavy atom. The van der Waals surface area contributed by atoms with Crippen molar-refractivity contribution >= 4 is 17.7 Å². The Morgan fingerprint density at radius 2 is 1.94 bits per heavy atom. The summed E-state index contributed by atoms with van der Waals surface area (Å²) in [7, 11) is 0. The van der Waals surface area contributed by atoms with Gasteiger partial charge in [0.15, 0.2) is 0 Å². The normalized spacial score (nSPS) is 25.0. The molecule has 2 aliphatic rings. The summed E-state index contributed by atoms with van der Waals surface area (Å²) >= 11 is 6.37. The summed E-state index contributed by atoms with van der Waals surface area (Å²) in [6.45, 7) is 2.20. The fraction of sp³-hybridized carbons (Fsp3) is 0.346. The first kappa shape index (κ1) is 20.5. The third-order valence-electron chi connectivity index (χ3n) is 7.35. The molecule has 5 rings (SSSR count). The monoisotopic (exact) mass is 436 g/mol. The first-order valence-electron chi connectivity index (χ1n) is 10.9.